The highest BCUT2D eigenvalue weighted by atomic mass is 16.5. The maximum Gasteiger partial charge on any atom is 0.143 e. The first-order chi connectivity index (χ1) is 7.38. The first kappa shape index (κ1) is 9.04. The van der Waals surface area contributed by atoms with Crippen molar-refractivity contribution in [2.45, 2.75) is 18.4 Å². The van der Waals surface area contributed by atoms with Crippen molar-refractivity contribution in [2.75, 3.05) is 25.1 Å². The average Bonchev–Trinajstić information content (AvgIpc) is 2.30. The van der Waals surface area contributed by atoms with E-state index >= 15 is 0 Å². The van der Waals surface area contributed by atoms with Crippen molar-refractivity contribution >= 4 is 5.69 Å². The summed E-state index contributed by atoms with van der Waals surface area (Å²) < 4.78 is 11.5. The minimum absolute atomic E-state index is 0.0351. The maximum atomic E-state index is 6.12. The Labute approximate surface area is 89.4 Å². The fourth-order valence-electron chi connectivity index (χ4n) is 2.25. The summed E-state index contributed by atoms with van der Waals surface area (Å²) in [6.45, 7) is 2.51. The lowest BCUT2D eigenvalue weighted by Gasteiger charge is -2.41. The van der Waals surface area contributed by atoms with Gasteiger partial charge in [0.05, 0.1) is 25.4 Å². The molecule has 0 unspecified atom stereocenters. The van der Waals surface area contributed by atoms with Crippen molar-refractivity contribution in [3.63, 3.8) is 0 Å². The summed E-state index contributed by atoms with van der Waals surface area (Å²) in [5.41, 5.74) is 1.07. The van der Waals surface area contributed by atoms with Gasteiger partial charge in [-0.3, -0.25) is 0 Å². The van der Waals surface area contributed by atoms with Crippen molar-refractivity contribution in [3.8, 4) is 5.75 Å². The molecule has 15 heavy (non-hydrogen) atoms. The number of nitrogens with one attached hydrogen (secondary N) is 1. The minimum atomic E-state index is -0.0351. The van der Waals surface area contributed by atoms with Crippen LogP contribution in [0.15, 0.2) is 24.3 Å². The standard InChI is InChI=1S/C12H15NO2/c1-2-4-11-10(3-1)13-9-12(15-11)5-7-14-8-6-12/h1-4,13H,5-9H2. The van der Waals surface area contributed by atoms with Crippen LogP contribution in [-0.4, -0.2) is 25.4 Å². The summed E-state index contributed by atoms with van der Waals surface area (Å²) in [6, 6.07) is 8.12. The zero-order valence-corrected chi connectivity index (χ0v) is 8.66. The van der Waals surface area contributed by atoms with Crippen LogP contribution in [0.4, 0.5) is 5.69 Å². The molecular weight excluding hydrogens is 190 g/mol. The molecule has 0 aromatic heterocycles. The highest BCUT2D eigenvalue weighted by Gasteiger charge is 2.37. The Bertz CT molecular complexity index is 358. The van der Waals surface area contributed by atoms with Crippen LogP contribution in [0.1, 0.15) is 12.8 Å². The minimum Gasteiger partial charge on any atom is -0.483 e. The number of rotatable bonds is 0. The Balaban J connectivity index is 1.87. The fraction of sp³-hybridized carbons (Fsp3) is 0.500. The molecule has 2 aliphatic rings. The molecule has 1 spiro atoms. The number of ether oxygens (including phenoxy) is 2. The van der Waals surface area contributed by atoms with Gasteiger partial charge in [0.1, 0.15) is 11.4 Å². The molecular formula is C12H15NO2. The van der Waals surface area contributed by atoms with Crippen LogP contribution in [0.5, 0.6) is 5.75 Å². The second-order valence-electron chi connectivity index (χ2n) is 4.25. The lowest BCUT2D eigenvalue weighted by molar-refractivity contribution is -0.0408. The van der Waals surface area contributed by atoms with Crippen molar-refractivity contribution in [1.82, 2.24) is 0 Å². The molecule has 0 bridgehead atoms. The van der Waals surface area contributed by atoms with E-state index in [1.54, 1.807) is 0 Å². The van der Waals surface area contributed by atoms with E-state index in [0.29, 0.717) is 0 Å². The molecule has 0 amide bonds. The van der Waals surface area contributed by atoms with Gasteiger partial charge in [0.2, 0.25) is 0 Å². The lowest BCUT2D eigenvalue weighted by atomic mass is 9.92. The fourth-order valence-corrected chi connectivity index (χ4v) is 2.25. The van der Waals surface area contributed by atoms with E-state index < -0.39 is 0 Å². The van der Waals surface area contributed by atoms with E-state index in [1.807, 2.05) is 18.2 Å². The predicted molar refractivity (Wildman–Crippen MR) is 58.3 cm³/mol. The Hall–Kier alpha value is -1.22. The monoisotopic (exact) mass is 205 g/mol. The van der Waals surface area contributed by atoms with Crippen LogP contribution < -0.4 is 10.1 Å². The van der Waals surface area contributed by atoms with Gasteiger partial charge in [-0.1, -0.05) is 12.1 Å². The van der Waals surface area contributed by atoms with Crippen molar-refractivity contribution < 1.29 is 9.47 Å². The number of anilines is 1. The van der Waals surface area contributed by atoms with Gasteiger partial charge >= 0.3 is 0 Å². The third kappa shape index (κ3) is 1.57. The topological polar surface area (TPSA) is 30.5 Å². The molecule has 1 N–H and O–H groups in total. The molecule has 80 valence electrons. The Morgan fingerprint density at radius 1 is 1.13 bits per heavy atom. The number of para-hydroxylation sites is 2. The molecule has 2 heterocycles. The summed E-state index contributed by atoms with van der Waals surface area (Å²) in [5, 5.41) is 3.44. The Morgan fingerprint density at radius 3 is 2.80 bits per heavy atom. The maximum absolute atomic E-state index is 6.12. The van der Waals surface area contributed by atoms with Crippen LogP contribution in [0.3, 0.4) is 0 Å². The first-order valence-electron chi connectivity index (χ1n) is 5.48. The van der Waals surface area contributed by atoms with Gasteiger partial charge in [-0.2, -0.15) is 0 Å². The highest BCUT2D eigenvalue weighted by molar-refractivity contribution is 5.58. The number of hydrogen-bond acceptors (Lipinski definition) is 3. The van der Waals surface area contributed by atoms with Gasteiger partial charge in [0, 0.05) is 12.8 Å². The third-order valence-corrected chi connectivity index (χ3v) is 3.22. The van der Waals surface area contributed by atoms with Gasteiger partial charge in [-0.15, -0.1) is 0 Å². The van der Waals surface area contributed by atoms with Crippen LogP contribution in [0, 0.1) is 0 Å². The van der Waals surface area contributed by atoms with Gasteiger partial charge in [-0.05, 0) is 12.1 Å². The molecule has 0 aliphatic carbocycles. The summed E-state index contributed by atoms with van der Waals surface area (Å²) in [6.07, 6.45) is 1.96. The molecule has 3 heteroatoms. The lowest BCUT2D eigenvalue weighted by Crippen LogP contribution is -2.49. The summed E-state index contributed by atoms with van der Waals surface area (Å²) in [5.74, 6) is 0.977. The smallest absolute Gasteiger partial charge is 0.143 e. The SMILES string of the molecule is c1ccc2c(c1)NCC1(CCOCC1)O2. The molecule has 2 aliphatic heterocycles. The molecule has 1 saturated heterocycles. The molecule has 1 aromatic rings. The number of fused-ring (bicyclic) bond motifs is 1. The van der Waals surface area contributed by atoms with E-state index in [-0.39, 0.29) is 5.60 Å². The second-order valence-corrected chi connectivity index (χ2v) is 4.25. The summed E-state index contributed by atoms with van der Waals surface area (Å²) in [7, 11) is 0. The highest BCUT2D eigenvalue weighted by Crippen LogP contribution is 2.36. The van der Waals surface area contributed by atoms with Gasteiger partial charge in [-0.25, -0.2) is 0 Å². The van der Waals surface area contributed by atoms with Gasteiger partial charge in [0.15, 0.2) is 0 Å². The van der Waals surface area contributed by atoms with E-state index in [0.717, 1.165) is 44.0 Å². The predicted octanol–water partition coefficient (Wildman–Crippen LogP) is 2.04. The van der Waals surface area contributed by atoms with Crippen molar-refractivity contribution in [2.24, 2.45) is 0 Å². The van der Waals surface area contributed by atoms with E-state index in [1.165, 1.54) is 0 Å². The van der Waals surface area contributed by atoms with E-state index in [2.05, 4.69) is 11.4 Å². The van der Waals surface area contributed by atoms with Gasteiger partial charge < -0.3 is 14.8 Å². The number of benzene rings is 1. The zero-order valence-electron chi connectivity index (χ0n) is 8.66. The summed E-state index contributed by atoms with van der Waals surface area (Å²) >= 11 is 0. The van der Waals surface area contributed by atoms with Crippen LogP contribution >= 0.6 is 0 Å². The quantitative estimate of drug-likeness (QED) is 0.703. The van der Waals surface area contributed by atoms with E-state index in [4.69, 9.17) is 9.47 Å². The van der Waals surface area contributed by atoms with Crippen LogP contribution in [0.2, 0.25) is 0 Å². The average molecular weight is 205 g/mol. The molecule has 1 aromatic carbocycles. The third-order valence-electron chi connectivity index (χ3n) is 3.22. The largest absolute Gasteiger partial charge is 0.483 e. The number of hydrogen-bond donors (Lipinski definition) is 1. The van der Waals surface area contributed by atoms with Gasteiger partial charge in [0.25, 0.3) is 0 Å². The first-order valence-corrected chi connectivity index (χ1v) is 5.48. The van der Waals surface area contributed by atoms with Crippen molar-refractivity contribution in [3.05, 3.63) is 24.3 Å². The normalized spacial score (nSPS) is 22.7. The van der Waals surface area contributed by atoms with Crippen LogP contribution in [0.25, 0.3) is 0 Å². The Kier molecular flexibility index (Phi) is 2.06. The molecule has 0 radical (unpaired) electrons. The molecule has 3 nitrogen and oxygen atoms in total. The Morgan fingerprint density at radius 2 is 1.93 bits per heavy atom. The van der Waals surface area contributed by atoms with E-state index in [9.17, 15) is 0 Å². The van der Waals surface area contributed by atoms with Crippen LogP contribution in [-0.2, 0) is 4.74 Å². The molecule has 0 saturated carbocycles. The van der Waals surface area contributed by atoms with Crippen molar-refractivity contribution in [1.29, 1.82) is 0 Å². The molecule has 3 rings (SSSR count). The second kappa shape index (κ2) is 3.42. The molecule has 1 fully saturated rings. The summed E-state index contributed by atoms with van der Waals surface area (Å²) in [4.78, 5) is 0. The molecule has 0 atom stereocenters. The zero-order chi connectivity index (χ0) is 10.1.